The molecule has 1 atom stereocenters. The molecule has 2 amide bonds. The van der Waals surface area contributed by atoms with Gasteiger partial charge in [0.15, 0.2) is 0 Å². The summed E-state index contributed by atoms with van der Waals surface area (Å²) in [4.78, 5) is 12.1. The SMILES string of the molecule is CC(C)COc1ccccc1CNC(=O)NC(C)(CO)C1CC1. The average molecular weight is 320 g/mol. The van der Waals surface area contributed by atoms with E-state index in [2.05, 4.69) is 24.5 Å². The second kappa shape index (κ2) is 7.68. The summed E-state index contributed by atoms with van der Waals surface area (Å²) < 4.78 is 5.79. The van der Waals surface area contributed by atoms with E-state index in [0.717, 1.165) is 24.2 Å². The molecule has 5 heteroatoms. The quantitative estimate of drug-likeness (QED) is 0.690. The highest BCUT2D eigenvalue weighted by atomic mass is 16.5. The van der Waals surface area contributed by atoms with E-state index in [1.54, 1.807) is 0 Å². The Morgan fingerprint density at radius 1 is 1.39 bits per heavy atom. The van der Waals surface area contributed by atoms with Gasteiger partial charge in [0.1, 0.15) is 5.75 Å². The van der Waals surface area contributed by atoms with E-state index in [4.69, 9.17) is 4.74 Å². The lowest BCUT2D eigenvalue weighted by Gasteiger charge is -2.28. The van der Waals surface area contributed by atoms with E-state index in [1.807, 2.05) is 31.2 Å². The molecule has 1 saturated carbocycles. The first-order chi connectivity index (χ1) is 10.9. The van der Waals surface area contributed by atoms with Gasteiger partial charge >= 0.3 is 6.03 Å². The fourth-order valence-corrected chi connectivity index (χ4v) is 2.52. The number of rotatable bonds is 8. The third-order valence-electron chi connectivity index (χ3n) is 4.19. The number of nitrogens with one attached hydrogen (secondary N) is 2. The number of amides is 2. The van der Waals surface area contributed by atoms with Crippen LogP contribution in [0.25, 0.3) is 0 Å². The number of carbonyl (C=O) groups excluding carboxylic acids is 1. The summed E-state index contributed by atoms with van der Waals surface area (Å²) in [6, 6.07) is 7.46. The summed E-state index contributed by atoms with van der Waals surface area (Å²) in [6.45, 7) is 7.09. The van der Waals surface area contributed by atoms with E-state index in [1.165, 1.54) is 0 Å². The molecule has 0 bridgehead atoms. The van der Waals surface area contributed by atoms with Gasteiger partial charge in [0.25, 0.3) is 0 Å². The molecule has 1 aromatic carbocycles. The van der Waals surface area contributed by atoms with Crippen LogP contribution in [0.15, 0.2) is 24.3 Å². The number of urea groups is 1. The minimum Gasteiger partial charge on any atom is -0.493 e. The second-order valence-corrected chi connectivity index (χ2v) is 6.97. The second-order valence-electron chi connectivity index (χ2n) is 6.97. The monoisotopic (exact) mass is 320 g/mol. The van der Waals surface area contributed by atoms with Crippen LogP contribution in [0.4, 0.5) is 4.79 Å². The fraction of sp³-hybridized carbons (Fsp3) is 0.611. The van der Waals surface area contributed by atoms with Gasteiger partial charge in [-0.25, -0.2) is 4.79 Å². The van der Waals surface area contributed by atoms with Crippen molar-refractivity contribution in [2.45, 2.75) is 45.7 Å². The zero-order valence-corrected chi connectivity index (χ0v) is 14.3. The van der Waals surface area contributed by atoms with Crippen molar-refractivity contribution in [1.82, 2.24) is 10.6 Å². The summed E-state index contributed by atoms with van der Waals surface area (Å²) in [5.41, 5.74) is 0.415. The Morgan fingerprint density at radius 3 is 2.70 bits per heavy atom. The standard InChI is InChI=1S/C18H28N2O3/c1-13(2)11-23-16-7-5-4-6-14(16)10-19-17(22)20-18(3,12-21)15-8-9-15/h4-7,13,15,21H,8-12H2,1-3H3,(H2,19,20,22). The summed E-state index contributed by atoms with van der Waals surface area (Å²) in [6.07, 6.45) is 2.12. The molecule has 1 fully saturated rings. The number of hydrogen-bond acceptors (Lipinski definition) is 3. The first-order valence-electron chi connectivity index (χ1n) is 8.32. The van der Waals surface area contributed by atoms with Gasteiger partial charge in [-0.2, -0.15) is 0 Å². The van der Waals surface area contributed by atoms with E-state index in [-0.39, 0.29) is 12.6 Å². The van der Waals surface area contributed by atoms with E-state index >= 15 is 0 Å². The van der Waals surface area contributed by atoms with E-state index in [9.17, 15) is 9.90 Å². The molecule has 5 nitrogen and oxygen atoms in total. The Kier molecular flexibility index (Phi) is 5.88. The van der Waals surface area contributed by atoms with Gasteiger partial charge in [-0.15, -0.1) is 0 Å². The summed E-state index contributed by atoms with van der Waals surface area (Å²) in [7, 11) is 0. The van der Waals surface area contributed by atoms with Crippen LogP contribution in [-0.4, -0.2) is 29.9 Å². The predicted molar refractivity (Wildman–Crippen MR) is 90.4 cm³/mol. The van der Waals surface area contributed by atoms with Crippen molar-refractivity contribution in [1.29, 1.82) is 0 Å². The Labute approximate surface area is 138 Å². The fourth-order valence-electron chi connectivity index (χ4n) is 2.52. The Hall–Kier alpha value is -1.75. The molecule has 128 valence electrons. The molecular formula is C18H28N2O3. The maximum Gasteiger partial charge on any atom is 0.315 e. The van der Waals surface area contributed by atoms with Crippen LogP contribution in [0.3, 0.4) is 0 Å². The molecule has 1 aromatic rings. The molecule has 0 saturated heterocycles. The van der Waals surface area contributed by atoms with Crippen molar-refractivity contribution in [3.05, 3.63) is 29.8 Å². The van der Waals surface area contributed by atoms with Gasteiger partial charge < -0.3 is 20.5 Å². The van der Waals surface area contributed by atoms with Crippen LogP contribution < -0.4 is 15.4 Å². The van der Waals surface area contributed by atoms with Crippen LogP contribution >= 0.6 is 0 Å². The van der Waals surface area contributed by atoms with Gasteiger partial charge in [0.2, 0.25) is 0 Å². The molecular weight excluding hydrogens is 292 g/mol. The maximum absolute atomic E-state index is 12.1. The van der Waals surface area contributed by atoms with Gasteiger partial charge in [-0.1, -0.05) is 32.0 Å². The number of carbonyl (C=O) groups is 1. The zero-order chi connectivity index (χ0) is 16.9. The number of aliphatic hydroxyl groups is 1. The smallest absolute Gasteiger partial charge is 0.315 e. The minimum atomic E-state index is -0.530. The van der Waals surface area contributed by atoms with Gasteiger partial charge in [-0.3, -0.25) is 0 Å². The molecule has 0 aromatic heterocycles. The maximum atomic E-state index is 12.1. The summed E-state index contributed by atoms with van der Waals surface area (Å²) in [5, 5.41) is 15.3. The van der Waals surface area contributed by atoms with Crippen LogP contribution in [0, 0.1) is 11.8 Å². The van der Waals surface area contributed by atoms with Crippen molar-refractivity contribution in [3.63, 3.8) is 0 Å². The molecule has 1 aliphatic carbocycles. The molecule has 2 rings (SSSR count). The third-order valence-corrected chi connectivity index (χ3v) is 4.19. The van der Waals surface area contributed by atoms with Crippen LogP contribution in [0.1, 0.15) is 39.2 Å². The first kappa shape index (κ1) is 17.6. The van der Waals surface area contributed by atoms with E-state index in [0.29, 0.717) is 25.0 Å². The van der Waals surface area contributed by atoms with Crippen LogP contribution in [-0.2, 0) is 6.54 Å². The first-order valence-corrected chi connectivity index (χ1v) is 8.32. The van der Waals surface area contributed by atoms with Gasteiger partial charge in [0.05, 0.1) is 18.8 Å². The van der Waals surface area contributed by atoms with Crippen molar-refractivity contribution >= 4 is 6.03 Å². The van der Waals surface area contributed by atoms with Gasteiger partial charge in [0, 0.05) is 12.1 Å². The lowest BCUT2D eigenvalue weighted by atomic mass is 9.97. The Bertz CT molecular complexity index is 529. The molecule has 1 unspecified atom stereocenters. The van der Waals surface area contributed by atoms with Crippen molar-refractivity contribution in [2.24, 2.45) is 11.8 Å². The largest absolute Gasteiger partial charge is 0.493 e. The normalized spacial score (nSPS) is 16.7. The Morgan fingerprint density at radius 2 is 2.09 bits per heavy atom. The third kappa shape index (κ3) is 5.13. The topological polar surface area (TPSA) is 70.6 Å². The number of para-hydroxylation sites is 1. The lowest BCUT2D eigenvalue weighted by Crippen LogP contribution is -2.53. The highest BCUT2D eigenvalue weighted by Crippen LogP contribution is 2.39. The molecule has 0 aliphatic heterocycles. The summed E-state index contributed by atoms with van der Waals surface area (Å²) in [5.74, 6) is 1.62. The predicted octanol–water partition coefficient (Wildman–Crippen LogP) is 2.68. The number of aliphatic hydroxyl groups excluding tert-OH is 1. The molecule has 0 spiro atoms. The Balaban J connectivity index is 1.88. The van der Waals surface area contributed by atoms with Crippen molar-refractivity contribution in [2.75, 3.05) is 13.2 Å². The molecule has 0 radical (unpaired) electrons. The number of benzene rings is 1. The molecule has 1 aliphatic rings. The zero-order valence-electron chi connectivity index (χ0n) is 14.3. The van der Waals surface area contributed by atoms with Crippen LogP contribution in [0.2, 0.25) is 0 Å². The molecule has 23 heavy (non-hydrogen) atoms. The average Bonchev–Trinajstić information content (AvgIpc) is 3.36. The minimum absolute atomic E-state index is 0.0425. The van der Waals surface area contributed by atoms with Gasteiger partial charge in [-0.05, 0) is 37.7 Å². The highest BCUT2D eigenvalue weighted by Gasteiger charge is 2.42. The highest BCUT2D eigenvalue weighted by molar-refractivity contribution is 5.75. The van der Waals surface area contributed by atoms with Crippen molar-refractivity contribution in [3.8, 4) is 5.75 Å². The lowest BCUT2D eigenvalue weighted by molar-refractivity contribution is 0.155. The molecule has 3 N–H and O–H groups in total. The van der Waals surface area contributed by atoms with Crippen LogP contribution in [0.5, 0.6) is 5.75 Å². The van der Waals surface area contributed by atoms with E-state index < -0.39 is 5.54 Å². The summed E-state index contributed by atoms with van der Waals surface area (Å²) >= 11 is 0. The van der Waals surface area contributed by atoms with Crippen molar-refractivity contribution < 1.29 is 14.6 Å². The molecule has 0 heterocycles. The number of ether oxygens (including phenoxy) is 1. The number of hydrogen-bond donors (Lipinski definition) is 3.